The summed E-state index contributed by atoms with van der Waals surface area (Å²) in [6, 6.07) is 0. The third kappa shape index (κ3) is 3.44. The first-order chi connectivity index (χ1) is 6.14. The number of aliphatic imine (C=N–C) groups is 1. The first-order valence-electron chi connectivity index (χ1n) is 4.58. The molecule has 0 spiro atoms. The van der Waals surface area contributed by atoms with E-state index in [0.717, 1.165) is 19.1 Å². The molecule has 0 atom stereocenters. The Morgan fingerprint density at radius 2 is 2.08 bits per heavy atom. The van der Waals surface area contributed by atoms with Crippen LogP contribution in [-0.2, 0) is 4.79 Å². The van der Waals surface area contributed by atoms with Crippen LogP contribution in [0.25, 0.3) is 0 Å². The van der Waals surface area contributed by atoms with Crippen molar-refractivity contribution in [1.82, 2.24) is 5.32 Å². The molecule has 0 bridgehead atoms. The van der Waals surface area contributed by atoms with Crippen LogP contribution in [0.4, 0.5) is 0 Å². The van der Waals surface area contributed by atoms with Gasteiger partial charge in [-0.1, -0.05) is 13.8 Å². The predicted molar refractivity (Wildman–Crippen MR) is 54.7 cm³/mol. The van der Waals surface area contributed by atoms with Crippen molar-refractivity contribution in [2.75, 3.05) is 7.05 Å². The van der Waals surface area contributed by atoms with Gasteiger partial charge in [0.1, 0.15) is 6.29 Å². The molecule has 0 aromatic rings. The van der Waals surface area contributed by atoms with Crippen molar-refractivity contribution in [1.29, 1.82) is 0 Å². The molecule has 0 unspecified atom stereocenters. The van der Waals surface area contributed by atoms with Gasteiger partial charge in [-0.2, -0.15) is 0 Å². The van der Waals surface area contributed by atoms with Crippen molar-refractivity contribution < 1.29 is 4.79 Å². The van der Waals surface area contributed by atoms with Gasteiger partial charge in [0.25, 0.3) is 0 Å². The Morgan fingerprint density at radius 1 is 1.54 bits per heavy atom. The van der Waals surface area contributed by atoms with Gasteiger partial charge < -0.3 is 15.8 Å². The first-order valence-corrected chi connectivity index (χ1v) is 4.58. The number of nitrogens with one attached hydrogen (secondary N) is 1. The minimum atomic E-state index is -0.217. The number of guanidine groups is 1. The second-order valence-corrected chi connectivity index (χ2v) is 3.09. The maximum atomic E-state index is 10.5. The summed E-state index contributed by atoms with van der Waals surface area (Å²) in [5.41, 5.74) is 5.35. The molecule has 0 aliphatic rings. The zero-order valence-electron chi connectivity index (χ0n) is 8.63. The van der Waals surface area contributed by atoms with E-state index in [-0.39, 0.29) is 5.54 Å². The van der Waals surface area contributed by atoms with E-state index in [1.807, 2.05) is 13.8 Å². The molecule has 0 saturated heterocycles. The molecular weight excluding hydrogens is 166 g/mol. The van der Waals surface area contributed by atoms with Gasteiger partial charge in [-0.25, -0.2) is 0 Å². The molecule has 13 heavy (non-hydrogen) atoms. The highest BCUT2D eigenvalue weighted by Crippen LogP contribution is 2.17. The fourth-order valence-corrected chi connectivity index (χ4v) is 1.25. The lowest BCUT2D eigenvalue weighted by Crippen LogP contribution is -2.50. The number of carbonyl (C=O) groups excluding carboxylic acids is 1. The maximum absolute atomic E-state index is 10.5. The third-order valence-corrected chi connectivity index (χ3v) is 2.46. The zero-order chi connectivity index (χ0) is 10.3. The zero-order valence-corrected chi connectivity index (χ0v) is 8.63. The molecule has 0 aliphatic heterocycles. The van der Waals surface area contributed by atoms with Crippen molar-refractivity contribution in [2.45, 2.75) is 38.6 Å². The van der Waals surface area contributed by atoms with Gasteiger partial charge in [0, 0.05) is 19.0 Å². The minimum absolute atomic E-state index is 0.217. The minimum Gasteiger partial charge on any atom is -0.370 e. The molecule has 76 valence electrons. The monoisotopic (exact) mass is 185 g/mol. The van der Waals surface area contributed by atoms with Crippen molar-refractivity contribution in [3.05, 3.63) is 0 Å². The molecule has 0 aromatic heterocycles. The number of carbonyl (C=O) groups is 1. The summed E-state index contributed by atoms with van der Waals surface area (Å²) in [5, 5.41) is 3.08. The van der Waals surface area contributed by atoms with Crippen molar-refractivity contribution in [3.63, 3.8) is 0 Å². The molecule has 3 N–H and O–H groups in total. The number of nitrogens with two attached hydrogens (primary N) is 1. The highest BCUT2D eigenvalue weighted by molar-refractivity contribution is 5.79. The average Bonchev–Trinajstić information content (AvgIpc) is 2.17. The van der Waals surface area contributed by atoms with Crippen LogP contribution >= 0.6 is 0 Å². The lowest BCUT2D eigenvalue weighted by Gasteiger charge is -2.31. The summed E-state index contributed by atoms with van der Waals surface area (Å²) in [7, 11) is 1.62. The van der Waals surface area contributed by atoms with E-state index in [9.17, 15) is 4.79 Å². The lowest BCUT2D eigenvalue weighted by molar-refractivity contribution is -0.109. The van der Waals surface area contributed by atoms with E-state index in [2.05, 4.69) is 10.3 Å². The molecule has 4 heteroatoms. The Hall–Kier alpha value is -1.06. The number of rotatable bonds is 5. The topological polar surface area (TPSA) is 67.5 Å². The highest BCUT2D eigenvalue weighted by Gasteiger charge is 2.25. The summed E-state index contributed by atoms with van der Waals surface area (Å²) in [5.74, 6) is 0.394. The molecule has 0 aromatic carbocycles. The van der Waals surface area contributed by atoms with Gasteiger partial charge in [0.15, 0.2) is 5.96 Å². The Kier molecular flexibility index (Phi) is 5.11. The Bertz CT molecular complexity index is 185. The second-order valence-electron chi connectivity index (χ2n) is 3.09. The quantitative estimate of drug-likeness (QED) is 0.376. The maximum Gasteiger partial charge on any atom is 0.188 e. The molecule has 0 fully saturated rings. The smallest absolute Gasteiger partial charge is 0.188 e. The van der Waals surface area contributed by atoms with Crippen molar-refractivity contribution >= 4 is 12.2 Å². The predicted octanol–water partition coefficient (Wildman–Crippen LogP) is 0.668. The summed E-state index contributed by atoms with van der Waals surface area (Å²) in [6.45, 7) is 4.06. The van der Waals surface area contributed by atoms with E-state index in [4.69, 9.17) is 5.73 Å². The van der Waals surface area contributed by atoms with Gasteiger partial charge in [-0.3, -0.25) is 4.99 Å². The molecule has 0 saturated carbocycles. The van der Waals surface area contributed by atoms with Gasteiger partial charge in [0.2, 0.25) is 0 Å². The van der Waals surface area contributed by atoms with Crippen LogP contribution in [-0.4, -0.2) is 24.8 Å². The number of hydrogen-bond donors (Lipinski definition) is 2. The summed E-state index contributed by atoms with van der Waals surface area (Å²) in [4.78, 5) is 14.3. The molecule has 0 heterocycles. The Labute approximate surface area is 79.6 Å². The standard InChI is InChI=1S/C9H19N3O/c1-4-9(5-2,6-7-13)12-8(10)11-3/h7H,4-6H2,1-3H3,(H3,10,11,12). The molecule has 0 aliphatic carbocycles. The fraction of sp³-hybridized carbons (Fsp3) is 0.778. The van der Waals surface area contributed by atoms with Gasteiger partial charge in [0.05, 0.1) is 0 Å². The van der Waals surface area contributed by atoms with E-state index in [0.29, 0.717) is 12.4 Å². The summed E-state index contributed by atoms with van der Waals surface area (Å²) < 4.78 is 0. The molecule has 0 radical (unpaired) electrons. The SMILES string of the molecule is CCC(CC)(CC=O)NC(N)=NC. The Morgan fingerprint density at radius 3 is 2.38 bits per heavy atom. The molecular formula is C9H19N3O. The van der Waals surface area contributed by atoms with E-state index >= 15 is 0 Å². The summed E-state index contributed by atoms with van der Waals surface area (Å²) >= 11 is 0. The van der Waals surface area contributed by atoms with E-state index in [1.165, 1.54) is 0 Å². The molecule has 0 amide bonds. The Balaban J connectivity index is 4.46. The van der Waals surface area contributed by atoms with E-state index in [1.54, 1.807) is 7.05 Å². The lowest BCUT2D eigenvalue weighted by atomic mass is 9.90. The second kappa shape index (κ2) is 5.56. The molecule has 4 nitrogen and oxygen atoms in total. The van der Waals surface area contributed by atoms with Crippen molar-refractivity contribution in [3.8, 4) is 0 Å². The summed E-state index contributed by atoms with van der Waals surface area (Å²) in [6.07, 6.45) is 3.11. The largest absolute Gasteiger partial charge is 0.370 e. The third-order valence-electron chi connectivity index (χ3n) is 2.46. The average molecular weight is 185 g/mol. The van der Waals surface area contributed by atoms with Crippen LogP contribution in [0.5, 0.6) is 0 Å². The van der Waals surface area contributed by atoms with Gasteiger partial charge >= 0.3 is 0 Å². The highest BCUT2D eigenvalue weighted by atomic mass is 16.1. The number of hydrogen-bond acceptors (Lipinski definition) is 2. The number of aldehydes is 1. The normalized spacial score (nSPS) is 12.7. The first kappa shape index (κ1) is 11.9. The fourth-order valence-electron chi connectivity index (χ4n) is 1.25. The van der Waals surface area contributed by atoms with Crippen LogP contribution in [0.3, 0.4) is 0 Å². The molecule has 0 rings (SSSR count). The van der Waals surface area contributed by atoms with Gasteiger partial charge in [-0.15, -0.1) is 0 Å². The number of nitrogens with zero attached hydrogens (tertiary/aromatic N) is 1. The van der Waals surface area contributed by atoms with Crippen LogP contribution in [0.1, 0.15) is 33.1 Å². The van der Waals surface area contributed by atoms with Gasteiger partial charge in [-0.05, 0) is 12.8 Å². The van der Waals surface area contributed by atoms with Crippen LogP contribution in [0.2, 0.25) is 0 Å². The van der Waals surface area contributed by atoms with Crippen molar-refractivity contribution in [2.24, 2.45) is 10.7 Å². The van der Waals surface area contributed by atoms with Crippen LogP contribution in [0.15, 0.2) is 4.99 Å². The van der Waals surface area contributed by atoms with Crippen LogP contribution < -0.4 is 11.1 Å². The van der Waals surface area contributed by atoms with E-state index < -0.39 is 0 Å². The van der Waals surface area contributed by atoms with Crippen LogP contribution in [0, 0.1) is 0 Å².